The second-order valence-electron chi connectivity index (χ2n) is 5.35. The van der Waals surface area contributed by atoms with Crippen molar-refractivity contribution < 1.29 is 35.5 Å². The summed E-state index contributed by atoms with van der Waals surface area (Å²) in [4.78, 5) is 20.7. The van der Waals surface area contributed by atoms with E-state index in [0.29, 0.717) is 12.8 Å². The van der Waals surface area contributed by atoms with Gasteiger partial charge in [-0.25, -0.2) is 0 Å². The number of rotatable bonds is 8. The summed E-state index contributed by atoms with van der Waals surface area (Å²) in [6.45, 7) is 8.45. The van der Waals surface area contributed by atoms with Gasteiger partial charge in [0, 0.05) is 12.8 Å². The lowest BCUT2D eigenvalue weighted by Crippen LogP contribution is -2.15. The smallest absolute Gasteiger partial charge is 0.264 e. The molecular weight excluding hydrogens is 360 g/mol. The Morgan fingerprint density at radius 1 is 0.833 bits per heavy atom. The lowest BCUT2D eigenvalue weighted by molar-refractivity contribution is -0.137. The maximum Gasteiger partial charge on any atom is 0.264 e. The van der Waals surface area contributed by atoms with Crippen LogP contribution in [0.1, 0.15) is 60.3 Å². The van der Waals surface area contributed by atoms with Crippen LogP contribution in [0.2, 0.25) is 0 Å². The van der Waals surface area contributed by atoms with Gasteiger partial charge in [0.15, 0.2) is 5.78 Å². The first-order chi connectivity index (χ1) is 10.7. The standard InChI is InChI=1S/C6H10O2.2C4H10O3S/c1-4(2)6(8)5(3)7;2*1-2-3-4-8(5,6)7/h4H,1-3H3;2*2-4H2,1H3,(H,5,6,7). The zero-order chi connectivity index (χ0) is 20.0. The Labute approximate surface area is 145 Å². The molecule has 0 atom stereocenters. The summed E-state index contributed by atoms with van der Waals surface area (Å²) in [5.74, 6) is -0.995. The number of hydrogen-bond donors (Lipinski definition) is 2. The topological polar surface area (TPSA) is 143 Å². The Bertz CT molecular complexity index is 511. The molecule has 0 aliphatic heterocycles. The summed E-state index contributed by atoms with van der Waals surface area (Å²) < 4.78 is 56.0. The molecule has 0 aromatic rings. The Kier molecular flexibility index (Phi) is 16.9. The molecule has 0 radical (unpaired) electrons. The van der Waals surface area contributed by atoms with Crippen molar-refractivity contribution in [1.82, 2.24) is 0 Å². The molecule has 0 aromatic heterocycles. The van der Waals surface area contributed by atoms with Crippen molar-refractivity contribution in [3.63, 3.8) is 0 Å². The molecule has 0 rings (SSSR count). The number of carbonyl (C=O) groups is 2. The highest BCUT2D eigenvalue weighted by Gasteiger charge is 2.10. The number of unbranched alkanes of at least 4 members (excludes halogenated alkanes) is 2. The van der Waals surface area contributed by atoms with Crippen molar-refractivity contribution in [3.05, 3.63) is 0 Å². The summed E-state index contributed by atoms with van der Waals surface area (Å²) in [6.07, 6.45) is 2.66. The fraction of sp³-hybridized carbons (Fsp3) is 0.857. The molecule has 0 saturated carbocycles. The molecule has 0 aliphatic rings. The van der Waals surface area contributed by atoms with E-state index in [2.05, 4.69) is 0 Å². The highest BCUT2D eigenvalue weighted by Crippen LogP contribution is 1.93. The normalized spacial score (nSPS) is 11.0. The third kappa shape index (κ3) is 29.2. The van der Waals surface area contributed by atoms with Crippen molar-refractivity contribution in [1.29, 1.82) is 0 Å². The van der Waals surface area contributed by atoms with Gasteiger partial charge in [0.05, 0.1) is 11.5 Å². The molecule has 10 heteroatoms. The minimum atomic E-state index is -3.69. The molecule has 0 bridgehead atoms. The van der Waals surface area contributed by atoms with Gasteiger partial charge in [-0.1, -0.05) is 40.5 Å². The van der Waals surface area contributed by atoms with Gasteiger partial charge in [-0.3, -0.25) is 18.7 Å². The van der Waals surface area contributed by atoms with E-state index in [9.17, 15) is 26.4 Å². The van der Waals surface area contributed by atoms with Crippen LogP contribution < -0.4 is 0 Å². The van der Waals surface area contributed by atoms with Gasteiger partial charge in [-0.05, 0) is 12.8 Å². The van der Waals surface area contributed by atoms with Crippen molar-refractivity contribution in [2.45, 2.75) is 60.3 Å². The lowest BCUT2D eigenvalue weighted by atomic mass is 10.1. The molecule has 0 aliphatic carbocycles. The van der Waals surface area contributed by atoms with Crippen LogP contribution in [0.5, 0.6) is 0 Å². The molecule has 24 heavy (non-hydrogen) atoms. The second-order valence-corrected chi connectivity index (χ2v) is 8.50. The van der Waals surface area contributed by atoms with E-state index in [4.69, 9.17) is 9.11 Å². The van der Waals surface area contributed by atoms with Crippen molar-refractivity contribution in [3.8, 4) is 0 Å². The van der Waals surface area contributed by atoms with Crippen LogP contribution in [0, 0.1) is 5.92 Å². The minimum absolute atomic E-state index is 0.108. The summed E-state index contributed by atoms with van der Waals surface area (Å²) in [6, 6.07) is 0. The Morgan fingerprint density at radius 2 is 1.12 bits per heavy atom. The van der Waals surface area contributed by atoms with Gasteiger partial charge in [0.2, 0.25) is 5.78 Å². The first-order valence-electron chi connectivity index (χ1n) is 7.63. The molecule has 2 N–H and O–H groups in total. The highest BCUT2D eigenvalue weighted by atomic mass is 32.2. The molecular formula is C14H30O8S2. The molecule has 0 spiro atoms. The first kappa shape index (κ1) is 28.0. The lowest BCUT2D eigenvalue weighted by Gasteiger charge is -1.95. The van der Waals surface area contributed by atoms with E-state index >= 15 is 0 Å². The fourth-order valence-corrected chi connectivity index (χ4v) is 2.37. The Hall–Kier alpha value is -0.840. The maximum atomic E-state index is 10.5. The fourth-order valence-electron chi connectivity index (χ4n) is 1.06. The van der Waals surface area contributed by atoms with Crippen molar-refractivity contribution >= 4 is 31.8 Å². The molecule has 0 saturated heterocycles. The number of carbonyl (C=O) groups excluding carboxylic acids is 2. The van der Waals surface area contributed by atoms with Crippen LogP contribution in [0.25, 0.3) is 0 Å². The zero-order valence-corrected chi connectivity index (χ0v) is 16.6. The average Bonchev–Trinajstić information content (AvgIpc) is 2.41. The van der Waals surface area contributed by atoms with E-state index in [1.54, 1.807) is 13.8 Å². The zero-order valence-electron chi connectivity index (χ0n) is 15.0. The SMILES string of the molecule is CC(=O)C(=O)C(C)C.CCCCS(=O)(=O)O.CCCCS(=O)(=O)O. The molecule has 0 heterocycles. The van der Waals surface area contributed by atoms with E-state index in [1.807, 2.05) is 13.8 Å². The maximum absolute atomic E-state index is 10.5. The van der Waals surface area contributed by atoms with Crippen LogP contribution in [0.4, 0.5) is 0 Å². The largest absolute Gasteiger partial charge is 0.291 e. The first-order valence-corrected chi connectivity index (χ1v) is 10.8. The molecule has 0 fully saturated rings. The summed E-state index contributed by atoms with van der Waals surface area (Å²) >= 11 is 0. The van der Waals surface area contributed by atoms with Crippen LogP contribution in [-0.2, 0) is 29.8 Å². The third-order valence-electron chi connectivity index (χ3n) is 2.38. The van der Waals surface area contributed by atoms with Crippen LogP contribution in [0.15, 0.2) is 0 Å². The predicted molar refractivity (Wildman–Crippen MR) is 93.2 cm³/mol. The van der Waals surface area contributed by atoms with Gasteiger partial charge in [-0.15, -0.1) is 0 Å². The monoisotopic (exact) mass is 390 g/mol. The summed E-state index contributed by atoms with van der Waals surface area (Å²) in [5, 5.41) is 0. The average molecular weight is 391 g/mol. The molecule has 0 unspecified atom stereocenters. The van der Waals surface area contributed by atoms with Gasteiger partial charge in [-0.2, -0.15) is 16.8 Å². The van der Waals surface area contributed by atoms with Crippen molar-refractivity contribution in [2.24, 2.45) is 5.92 Å². The summed E-state index contributed by atoms with van der Waals surface area (Å²) in [7, 11) is -7.37. The minimum Gasteiger partial charge on any atom is -0.291 e. The van der Waals surface area contributed by atoms with Crippen LogP contribution in [0.3, 0.4) is 0 Å². The quantitative estimate of drug-likeness (QED) is 0.474. The number of ketones is 2. The van der Waals surface area contributed by atoms with Gasteiger partial charge in [0.25, 0.3) is 20.2 Å². The second kappa shape index (κ2) is 14.5. The highest BCUT2D eigenvalue weighted by molar-refractivity contribution is 7.86. The van der Waals surface area contributed by atoms with Gasteiger partial charge < -0.3 is 0 Å². The van der Waals surface area contributed by atoms with E-state index in [1.165, 1.54) is 6.92 Å². The molecule has 0 amide bonds. The number of hydrogen-bond acceptors (Lipinski definition) is 6. The predicted octanol–water partition coefficient (Wildman–Crippen LogP) is 2.15. The molecule has 8 nitrogen and oxygen atoms in total. The van der Waals surface area contributed by atoms with Crippen molar-refractivity contribution in [2.75, 3.05) is 11.5 Å². The third-order valence-corrected chi connectivity index (χ3v) is 3.99. The number of Topliss-reactive ketones (excluding diaryl/α,β-unsaturated/α-hetero) is 2. The van der Waals surface area contributed by atoms with E-state index in [0.717, 1.165) is 12.8 Å². The Morgan fingerprint density at radius 3 is 1.17 bits per heavy atom. The van der Waals surface area contributed by atoms with Crippen LogP contribution in [-0.4, -0.2) is 49.0 Å². The van der Waals surface area contributed by atoms with Gasteiger partial charge in [0.1, 0.15) is 0 Å². The van der Waals surface area contributed by atoms with Gasteiger partial charge >= 0.3 is 0 Å². The van der Waals surface area contributed by atoms with E-state index < -0.39 is 20.2 Å². The molecule has 0 aromatic carbocycles. The Balaban J connectivity index is -0.000000276. The van der Waals surface area contributed by atoms with E-state index in [-0.39, 0.29) is 29.0 Å². The van der Waals surface area contributed by atoms with Crippen LogP contribution >= 0.6 is 0 Å². The molecule has 146 valence electrons. The summed E-state index contributed by atoms with van der Waals surface area (Å²) in [5.41, 5.74) is 0.